The van der Waals surface area contributed by atoms with Crippen LogP contribution in [0.15, 0.2) is 70.3 Å². The van der Waals surface area contributed by atoms with Gasteiger partial charge in [-0.05, 0) is 36.3 Å². The van der Waals surface area contributed by atoms with Crippen LogP contribution in [-0.2, 0) is 0 Å². The zero-order chi connectivity index (χ0) is 14.8. The maximum atomic E-state index is 12.2. The van der Waals surface area contributed by atoms with Gasteiger partial charge in [0.25, 0.3) is 5.91 Å². The van der Waals surface area contributed by atoms with Crippen molar-refractivity contribution < 1.29 is 4.79 Å². The van der Waals surface area contributed by atoms with Crippen molar-refractivity contribution >= 4 is 29.3 Å². The number of rotatable bonds is 2. The number of carbonyl (C=O) groups is 1. The van der Waals surface area contributed by atoms with Crippen LogP contribution >= 0.6 is 12.2 Å². The maximum absolute atomic E-state index is 12.2. The van der Waals surface area contributed by atoms with Crippen LogP contribution < -0.4 is 5.32 Å². The lowest BCUT2D eigenvalue weighted by Gasteiger charge is -2.17. The van der Waals surface area contributed by atoms with E-state index in [-0.39, 0.29) is 11.9 Å². The van der Waals surface area contributed by atoms with E-state index in [1.807, 2.05) is 37.3 Å². The predicted molar refractivity (Wildman–Crippen MR) is 88.7 cm³/mol. The second-order valence-corrected chi connectivity index (χ2v) is 5.36. The first-order chi connectivity index (χ1) is 10.2. The van der Waals surface area contributed by atoms with E-state index in [9.17, 15) is 4.79 Å². The summed E-state index contributed by atoms with van der Waals surface area (Å²) in [5.41, 5.74) is 3.67. The molecular formula is C17H14N2OS. The Hall–Kier alpha value is -2.33. The van der Waals surface area contributed by atoms with Crippen molar-refractivity contribution in [2.24, 2.45) is 4.99 Å². The van der Waals surface area contributed by atoms with Crippen molar-refractivity contribution in [3.8, 4) is 0 Å². The lowest BCUT2D eigenvalue weighted by molar-refractivity contribution is 0.0978. The number of allylic oxidation sites excluding steroid dienone is 3. The molecule has 4 heteroatoms. The fourth-order valence-corrected chi connectivity index (χ4v) is 2.88. The number of hydrogen-bond donors (Lipinski definition) is 1. The van der Waals surface area contributed by atoms with E-state index in [4.69, 9.17) is 12.2 Å². The number of thiocarbonyl (C=S) groups is 1. The van der Waals surface area contributed by atoms with Gasteiger partial charge in [0.2, 0.25) is 0 Å². The van der Waals surface area contributed by atoms with Crippen LogP contribution in [0.25, 0.3) is 0 Å². The molecule has 1 aliphatic heterocycles. The third-order valence-electron chi connectivity index (χ3n) is 3.51. The highest BCUT2D eigenvalue weighted by Crippen LogP contribution is 2.31. The summed E-state index contributed by atoms with van der Waals surface area (Å²) in [5.74, 6) is -0.190. The van der Waals surface area contributed by atoms with Crippen molar-refractivity contribution in [1.29, 1.82) is 0 Å². The van der Waals surface area contributed by atoms with Gasteiger partial charge in [-0.3, -0.25) is 9.79 Å². The Balaban J connectivity index is 1.78. The van der Waals surface area contributed by atoms with E-state index in [0.29, 0.717) is 10.6 Å². The van der Waals surface area contributed by atoms with E-state index < -0.39 is 0 Å². The Kier molecular flexibility index (Phi) is 3.62. The second-order valence-electron chi connectivity index (χ2n) is 4.95. The normalized spacial score (nSPS) is 19.3. The number of nitrogens with zero attached hydrogens (tertiary/aromatic N) is 1. The minimum Gasteiger partial charge on any atom is -0.313 e. The summed E-state index contributed by atoms with van der Waals surface area (Å²) in [5, 5.41) is 2.80. The van der Waals surface area contributed by atoms with Gasteiger partial charge in [-0.2, -0.15) is 0 Å². The smallest absolute Gasteiger partial charge is 0.256 e. The molecule has 0 bridgehead atoms. The standard InChI is InChI=1S/C17H14N2OS/c1-11-10-13-8-5-9-18-15(13)14(11)17(21)19-16(20)12-6-3-2-4-7-12/h2-10,15H,1H3,(H,19,20,21). The van der Waals surface area contributed by atoms with Gasteiger partial charge in [-0.15, -0.1) is 0 Å². The molecule has 1 N–H and O–H groups in total. The van der Waals surface area contributed by atoms with Gasteiger partial charge in [-0.25, -0.2) is 0 Å². The van der Waals surface area contributed by atoms with Crippen LogP contribution in [0.1, 0.15) is 17.3 Å². The predicted octanol–water partition coefficient (Wildman–Crippen LogP) is 3.01. The lowest BCUT2D eigenvalue weighted by atomic mass is 10.0. The van der Waals surface area contributed by atoms with E-state index >= 15 is 0 Å². The molecule has 104 valence electrons. The zero-order valence-electron chi connectivity index (χ0n) is 11.5. The number of aliphatic imine (C=N–C) groups is 1. The van der Waals surface area contributed by atoms with Crippen molar-refractivity contribution in [3.63, 3.8) is 0 Å². The number of nitrogens with one attached hydrogen (secondary N) is 1. The summed E-state index contributed by atoms with van der Waals surface area (Å²) in [6, 6.07) is 8.97. The molecule has 0 aromatic heterocycles. The van der Waals surface area contributed by atoms with E-state index in [1.54, 1.807) is 18.3 Å². The van der Waals surface area contributed by atoms with Crippen LogP contribution in [0.2, 0.25) is 0 Å². The molecule has 1 aromatic carbocycles. The first-order valence-corrected chi connectivity index (χ1v) is 7.10. The molecule has 0 fully saturated rings. The fraction of sp³-hybridized carbons (Fsp3) is 0.118. The summed E-state index contributed by atoms with van der Waals surface area (Å²) < 4.78 is 0. The minimum absolute atomic E-state index is 0.0847. The molecule has 3 nitrogen and oxygen atoms in total. The van der Waals surface area contributed by atoms with Gasteiger partial charge in [0.15, 0.2) is 0 Å². The van der Waals surface area contributed by atoms with E-state index in [1.165, 1.54) is 0 Å². The molecule has 3 rings (SSSR count). The highest BCUT2D eigenvalue weighted by molar-refractivity contribution is 7.80. The summed E-state index contributed by atoms with van der Waals surface area (Å²) in [7, 11) is 0. The molecular weight excluding hydrogens is 280 g/mol. The summed E-state index contributed by atoms with van der Waals surface area (Å²) in [4.78, 5) is 17.1. The average Bonchev–Trinajstić information content (AvgIpc) is 2.83. The minimum atomic E-state index is -0.190. The highest BCUT2D eigenvalue weighted by Gasteiger charge is 2.28. The maximum Gasteiger partial charge on any atom is 0.256 e. The monoisotopic (exact) mass is 294 g/mol. The van der Waals surface area contributed by atoms with Crippen molar-refractivity contribution in [2.45, 2.75) is 13.0 Å². The van der Waals surface area contributed by atoms with E-state index in [2.05, 4.69) is 16.4 Å². The molecule has 1 unspecified atom stereocenters. The molecule has 1 aliphatic carbocycles. The van der Waals surface area contributed by atoms with Gasteiger partial charge in [0.05, 0.1) is 0 Å². The molecule has 0 radical (unpaired) electrons. The number of benzene rings is 1. The number of carbonyl (C=O) groups excluding carboxylic acids is 1. The first kappa shape index (κ1) is 13.6. The second kappa shape index (κ2) is 5.58. The van der Waals surface area contributed by atoms with Crippen molar-refractivity contribution in [3.05, 3.63) is 70.8 Å². The van der Waals surface area contributed by atoms with Gasteiger partial charge >= 0.3 is 0 Å². The van der Waals surface area contributed by atoms with Gasteiger partial charge in [-0.1, -0.05) is 42.6 Å². The molecule has 1 heterocycles. The summed E-state index contributed by atoms with van der Waals surface area (Å²) in [6.45, 7) is 1.99. The molecule has 0 saturated heterocycles. The van der Waals surface area contributed by atoms with Gasteiger partial charge in [0.1, 0.15) is 11.0 Å². The van der Waals surface area contributed by atoms with Crippen LogP contribution in [-0.4, -0.2) is 23.2 Å². The third kappa shape index (κ3) is 2.62. The van der Waals surface area contributed by atoms with Crippen LogP contribution in [0.3, 0.4) is 0 Å². The van der Waals surface area contributed by atoms with Crippen LogP contribution in [0.5, 0.6) is 0 Å². The Labute approximate surface area is 128 Å². The number of dihydropyridines is 1. The molecule has 1 amide bonds. The highest BCUT2D eigenvalue weighted by atomic mass is 32.1. The zero-order valence-corrected chi connectivity index (χ0v) is 12.4. The summed E-state index contributed by atoms with van der Waals surface area (Å²) in [6.07, 6.45) is 7.76. The summed E-state index contributed by atoms with van der Waals surface area (Å²) >= 11 is 5.41. The quantitative estimate of drug-likeness (QED) is 0.852. The molecule has 21 heavy (non-hydrogen) atoms. The Morgan fingerprint density at radius 1 is 1.29 bits per heavy atom. The number of hydrogen-bond acceptors (Lipinski definition) is 3. The van der Waals surface area contributed by atoms with Gasteiger partial charge < -0.3 is 5.32 Å². The lowest BCUT2D eigenvalue weighted by Crippen LogP contribution is -2.33. The Bertz CT molecular complexity index is 726. The number of amides is 1. The molecule has 0 saturated carbocycles. The topological polar surface area (TPSA) is 41.5 Å². The van der Waals surface area contributed by atoms with Crippen LogP contribution in [0.4, 0.5) is 0 Å². The molecule has 1 aromatic rings. The molecule has 1 atom stereocenters. The molecule has 0 spiro atoms. The van der Waals surface area contributed by atoms with Crippen LogP contribution in [0, 0.1) is 0 Å². The molecule has 2 aliphatic rings. The largest absolute Gasteiger partial charge is 0.313 e. The average molecular weight is 294 g/mol. The number of fused-ring (bicyclic) bond motifs is 1. The fourth-order valence-electron chi connectivity index (χ4n) is 2.51. The first-order valence-electron chi connectivity index (χ1n) is 6.70. The van der Waals surface area contributed by atoms with Crippen molar-refractivity contribution in [2.75, 3.05) is 0 Å². The third-order valence-corrected chi connectivity index (χ3v) is 3.84. The van der Waals surface area contributed by atoms with E-state index in [0.717, 1.165) is 16.7 Å². The Morgan fingerprint density at radius 2 is 2.05 bits per heavy atom. The van der Waals surface area contributed by atoms with Gasteiger partial charge in [0, 0.05) is 17.4 Å². The SMILES string of the molecule is CC1=C(C(=S)NC(=O)c2ccccc2)C2N=CC=CC2=C1. The Morgan fingerprint density at radius 3 is 2.81 bits per heavy atom. The van der Waals surface area contributed by atoms with Crippen molar-refractivity contribution in [1.82, 2.24) is 5.32 Å².